The number of piperidine rings is 1. The van der Waals surface area contributed by atoms with Gasteiger partial charge in [-0.25, -0.2) is 26.7 Å². The molecule has 0 atom stereocenters. The van der Waals surface area contributed by atoms with Crippen molar-refractivity contribution in [1.82, 2.24) is 18.5 Å². The van der Waals surface area contributed by atoms with E-state index in [9.17, 15) is 17.6 Å². The highest BCUT2D eigenvalue weighted by molar-refractivity contribution is 7.89. The number of fused-ring (bicyclic) bond motifs is 1. The minimum absolute atomic E-state index is 0.0252. The predicted octanol–water partition coefficient (Wildman–Crippen LogP) is 1.89. The number of aromatic nitrogens is 3. The van der Waals surface area contributed by atoms with Gasteiger partial charge < -0.3 is 4.74 Å². The molecule has 10 heteroatoms. The minimum atomic E-state index is -3.73. The van der Waals surface area contributed by atoms with Crippen LogP contribution in [0.5, 0.6) is 5.75 Å². The summed E-state index contributed by atoms with van der Waals surface area (Å²) >= 11 is 0. The highest BCUT2D eigenvalue weighted by Gasteiger charge is 2.29. The third-order valence-electron chi connectivity index (χ3n) is 4.89. The van der Waals surface area contributed by atoms with Crippen molar-refractivity contribution in [3.63, 3.8) is 0 Å². The molecule has 3 aromatic rings. The number of benzene rings is 1. The van der Waals surface area contributed by atoms with E-state index >= 15 is 0 Å². The van der Waals surface area contributed by atoms with Crippen molar-refractivity contribution >= 4 is 15.7 Å². The summed E-state index contributed by atoms with van der Waals surface area (Å²) in [7, 11) is -3.73. The molecule has 1 saturated heterocycles. The Morgan fingerprint density at radius 2 is 1.79 bits per heavy atom. The van der Waals surface area contributed by atoms with Gasteiger partial charge in [0.05, 0.1) is 6.54 Å². The quantitative estimate of drug-likeness (QED) is 0.608. The molecule has 0 aliphatic carbocycles. The Bertz CT molecular complexity index is 1170. The van der Waals surface area contributed by atoms with E-state index in [0.29, 0.717) is 18.8 Å². The van der Waals surface area contributed by atoms with E-state index in [4.69, 9.17) is 4.74 Å². The molecule has 2 aromatic heterocycles. The number of hydrogen-bond donors (Lipinski definition) is 0. The normalized spacial score (nSPS) is 15.6. The van der Waals surface area contributed by atoms with Gasteiger partial charge in [0.2, 0.25) is 10.0 Å². The average Bonchev–Trinajstić information content (AvgIpc) is 3.06. The average molecular weight is 420 g/mol. The monoisotopic (exact) mass is 420 g/mol. The molecule has 0 bridgehead atoms. The van der Waals surface area contributed by atoms with Crippen molar-refractivity contribution < 1.29 is 17.5 Å². The maximum Gasteiger partial charge on any atom is 0.350 e. The molecule has 1 aliphatic heterocycles. The van der Waals surface area contributed by atoms with E-state index in [2.05, 4.69) is 5.10 Å². The van der Waals surface area contributed by atoms with E-state index in [0.717, 1.165) is 19.3 Å². The van der Waals surface area contributed by atoms with Gasteiger partial charge in [-0.3, -0.25) is 0 Å². The number of pyridine rings is 1. The van der Waals surface area contributed by atoms with Crippen LogP contribution in [0.2, 0.25) is 0 Å². The summed E-state index contributed by atoms with van der Waals surface area (Å²) in [5, 5.41) is 4.24. The first-order valence-corrected chi connectivity index (χ1v) is 10.9. The third kappa shape index (κ3) is 3.90. The van der Waals surface area contributed by atoms with Crippen LogP contribution in [-0.4, -0.2) is 46.6 Å². The summed E-state index contributed by atoms with van der Waals surface area (Å²) in [6.45, 7) is 1.20. The van der Waals surface area contributed by atoms with E-state index in [1.54, 1.807) is 0 Å². The number of sulfonamides is 1. The van der Waals surface area contributed by atoms with Crippen molar-refractivity contribution in [2.75, 3.05) is 19.7 Å². The Morgan fingerprint density at radius 1 is 1.07 bits per heavy atom. The van der Waals surface area contributed by atoms with Crippen LogP contribution in [-0.2, 0) is 16.6 Å². The third-order valence-corrected chi connectivity index (χ3v) is 6.81. The molecule has 0 spiro atoms. The Hall–Kier alpha value is -2.72. The molecule has 0 radical (unpaired) electrons. The molecule has 29 heavy (non-hydrogen) atoms. The number of hydrogen-bond acceptors (Lipinski definition) is 5. The summed E-state index contributed by atoms with van der Waals surface area (Å²) in [4.78, 5) is 12.6. The zero-order chi connectivity index (χ0) is 20.4. The number of ether oxygens (including phenoxy) is 1. The molecule has 4 rings (SSSR count). The first-order chi connectivity index (χ1) is 14.0. The Labute approximate surface area is 167 Å². The lowest BCUT2D eigenvalue weighted by Gasteiger charge is -2.25. The highest BCUT2D eigenvalue weighted by atomic mass is 32.2. The lowest BCUT2D eigenvalue weighted by molar-refractivity contribution is 0.288. The molecule has 8 nitrogen and oxygen atoms in total. The summed E-state index contributed by atoms with van der Waals surface area (Å²) in [5.41, 5.74) is -0.344. The molecule has 0 saturated carbocycles. The van der Waals surface area contributed by atoms with Gasteiger partial charge >= 0.3 is 5.69 Å². The lowest BCUT2D eigenvalue weighted by atomic mass is 10.2. The Balaban J connectivity index is 1.59. The zero-order valence-electron chi connectivity index (χ0n) is 15.7. The van der Waals surface area contributed by atoms with Crippen molar-refractivity contribution in [2.45, 2.75) is 30.7 Å². The van der Waals surface area contributed by atoms with Crippen LogP contribution in [0.25, 0.3) is 5.65 Å². The van der Waals surface area contributed by atoms with Crippen molar-refractivity contribution in [2.24, 2.45) is 0 Å². The van der Waals surface area contributed by atoms with Gasteiger partial charge in [-0.05, 0) is 49.2 Å². The topological polar surface area (TPSA) is 85.9 Å². The van der Waals surface area contributed by atoms with Crippen molar-refractivity contribution in [3.8, 4) is 5.75 Å². The maximum atomic E-state index is 13.1. The van der Waals surface area contributed by atoms with Gasteiger partial charge in [0.25, 0.3) is 0 Å². The summed E-state index contributed by atoms with van der Waals surface area (Å²) in [6, 6.07) is 8.56. The molecule has 154 valence electrons. The smallest absolute Gasteiger partial charge is 0.350 e. The van der Waals surface area contributed by atoms with E-state index in [1.165, 1.54) is 56.0 Å². The van der Waals surface area contributed by atoms with Crippen LogP contribution in [0.3, 0.4) is 0 Å². The number of rotatable bonds is 6. The van der Waals surface area contributed by atoms with Gasteiger partial charge in [0.15, 0.2) is 5.65 Å². The second-order valence-electron chi connectivity index (χ2n) is 6.84. The summed E-state index contributed by atoms with van der Waals surface area (Å²) < 4.78 is 48.4. The lowest BCUT2D eigenvalue weighted by Crippen LogP contribution is -2.35. The van der Waals surface area contributed by atoms with Crippen LogP contribution in [0.1, 0.15) is 19.3 Å². The Kier molecular flexibility index (Phi) is 5.37. The summed E-state index contributed by atoms with van der Waals surface area (Å²) in [6.07, 6.45) is 4.16. The molecule has 3 heterocycles. The zero-order valence-corrected chi connectivity index (χ0v) is 16.5. The molecule has 0 amide bonds. The van der Waals surface area contributed by atoms with Crippen molar-refractivity contribution in [3.05, 3.63) is 58.9 Å². The van der Waals surface area contributed by atoms with Gasteiger partial charge in [-0.1, -0.05) is 6.42 Å². The van der Waals surface area contributed by atoms with Crippen LogP contribution in [0, 0.1) is 5.82 Å². The van der Waals surface area contributed by atoms with E-state index in [-0.39, 0.29) is 29.5 Å². The molecule has 1 fully saturated rings. The molecule has 1 aliphatic rings. The van der Waals surface area contributed by atoms with Crippen LogP contribution in [0.15, 0.2) is 52.3 Å². The fourth-order valence-corrected chi connectivity index (χ4v) is 5.02. The fourth-order valence-electron chi connectivity index (χ4n) is 3.39. The minimum Gasteiger partial charge on any atom is -0.492 e. The molecular weight excluding hydrogens is 399 g/mol. The second kappa shape index (κ2) is 7.96. The van der Waals surface area contributed by atoms with E-state index < -0.39 is 15.7 Å². The van der Waals surface area contributed by atoms with E-state index in [1.807, 2.05) is 0 Å². The Morgan fingerprint density at radius 3 is 2.52 bits per heavy atom. The second-order valence-corrected chi connectivity index (χ2v) is 8.75. The fraction of sp³-hybridized carbons (Fsp3) is 0.368. The van der Waals surface area contributed by atoms with Gasteiger partial charge in [-0.15, -0.1) is 5.10 Å². The van der Waals surface area contributed by atoms with Crippen LogP contribution < -0.4 is 10.4 Å². The van der Waals surface area contributed by atoms with Crippen LogP contribution in [0.4, 0.5) is 4.39 Å². The molecular formula is C19H21FN4O4S. The van der Waals surface area contributed by atoms with Gasteiger partial charge in [0, 0.05) is 19.3 Å². The van der Waals surface area contributed by atoms with Gasteiger partial charge in [0.1, 0.15) is 23.1 Å². The molecule has 1 aromatic carbocycles. The largest absolute Gasteiger partial charge is 0.492 e. The summed E-state index contributed by atoms with van der Waals surface area (Å²) in [5.74, 6) is 0.105. The maximum absolute atomic E-state index is 13.1. The van der Waals surface area contributed by atoms with Crippen molar-refractivity contribution in [1.29, 1.82) is 0 Å². The highest BCUT2D eigenvalue weighted by Crippen LogP contribution is 2.22. The van der Waals surface area contributed by atoms with Gasteiger partial charge in [-0.2, -0.15) is 4.31 Å². The number of nitrogens with zero attached hydrogens (tertiary/aromatic N) is 4. The SMILES string of the molecule is O=c1n(CCOc2ccc(F)cc2)nc2c(S(=O)(=O)N3CCCCC3)cccn12. The molecule has 0 N–H and O–H groups in total. The first-order valence-electron chi connectivity index (χ1n) is 9.43. The molecule has 0 unspecified atom stereocenters. The number of halogens is 1. The first kappa shape index (κ1) is 19.6. The standard InChI is InChI=1S/C19H21FN4O4S/c20-15-6-8-16(9-7-15)28-14-13-24-19(25)23-12-4-5-17(18(23)21-24)29(26,27)22-10-2-1-3-11-22/h4-9,12H,1-3,10-11,13-14H2. The predicted molar refractivity (Wildman–Crippen MR) is 104 cm³/mol. The van der Waals surface area contributed by atoms with Crippen LogP contribution >= 0.6 is 0 Å².